The van der Waals surface area contributed by atoms with Crippen LogP contribution in [0.2, 0.25) is 5.02 Å². The van der Waals surface area contributed by atoms with Gasteiger partial charge in [-0.15, -0.1) is 0 Å². The molecule has 0 unspecified atom stereocenters. The van der Waals surface area contributed by atoms with Gasteiger partial charge in [-0.1, -0.05) is 17.7 Å². The van der Waals surface area contributed by atoms with E-state index in [0.717, 1.165) is 37.5 Å². The van der Waals surface area contributed by atoms with Gasteiger partial charge in [-0.25, -0.2) is 22.2 Å². The summed E-state index contributed by atoms with van der Waals surface area (Å²) in [6.45, 7) is 1.02. The van der Waals surface area contributed by atoms with Gasteiger partial charge in [-0.2, -0.15) is 4.39 Å². The number of rotatable bonds is 4. The van der Waals surface area contributed by atoms with Crippen molar-refractivity contribution in [1.82, 2.24) is 4.98 Å². The normalized spacial score (nSPS) is 24.0. The predicted octanol–water partition coefficient (Wildman–Crippen LogP) is 3.27. The van der Waals surface area contributed by atoms with Crippen LogP contribution in [0.4, 0.5) is 24.7 Å². The van der Waals surface area contributed by atoms with Crippen molar-refractivity contribution in [2.75, 3.05) is 22.7 Å². The van der Waals surface area contributed by atoms with Crippen LogP contribution in [-0.4, -0.2) is 32.5 Å². The van der Waals surface area contributed by atoms with E-state index in [1.807, 2.05) is 4.72 Å². The van der Waals surface area contributed by atoms with Crippen LogP contribution in [0.1, 0.15) is 19.3 Å². The third-order valence-corrected chi connectivity index (χ3v) is 7.54. The van der Waals surface area contributed by atoms with Crippen molar-refractivity contribution in [2.24, 2.45) is 11.1 Å². The molecule has 0 amide bonds. The van der Waals surface area contributed by atoms with Gasteiger partial charge in [0.15, 0.2) is 10.7 Å². The highest BCUT2D eigenvalue weighted by atomic mass is 35.5. The van der Waals surface area contributed by atoms with Crippen molar-refractivity contribution >= 4 is 33.1 Å². The molecule has 11 heteroatoms. The fraction of sp³-hybridized carbons (Fsp3) is 0.389. The molecule has 1 aliphatic carbocycles. The average Bonchev–Trinajstić information content (AvgIpc) is 3.11. The van der Waals surface area contributed by atoms with Crippen LogP contribution in [0.25, 0.3) is 0 Å². The van der Waals surface area contributed by atoms with Gasteiger partial charge in [0.05, 0.1) is 5.69 Å². The summed E-state index contributed by atoms with van der Waals surface area (Å²) in [5, 5.41) is -0.496. The molecule has 29 heavy (non-hydrogen) atoms. The number of nitrogens with two attached hydrogens (primary N) is 1. The van der Waals surface area contributed by atoms with Crippen molar-refractivity contribution in [3.05, 3.63) is 46.9 Å². The molecule has 1 saturated heterocycles. The summed E-state index contributed by atoms with van der Waals surface area (Å²) >= 11 is 6.09. The minimum absolute atomic E-state index is 0.0311. The molecule has 2 atom stereocenters. The second kappa shape index (κ2) is 7.03. The number of anilines is 2. The topological polar surface area (TPSA) is 88.3 Å². The summed E-state index contributed by atoms with van der Waals surface area (Å²) in [7, 11) is -4.73. The number of hydrogen-bond acceptors (Lipinski definition) is 5. The van der Waals surface area contributed by atoms with E-state index >= 15 is 0 Å². The molecule has 4 rings (SSSR count). The van der Waals surface area contributed by atoms with Gasteiger partial charge >= 0.3 is 0 Å². The van der Waals surface area contributed by atoms with E-state index in [-0.39, 0.29) is 17.1 Å². The van der Waals surface area contributed by atoms with E-state index < -0.39 is 43.3 Å². The zero-order valence-corrected chi connectivity index (χ0v) is 16.7. The Morgan fingerprint density at radius 2 is 2.03 bits per heavy atom. The molecule has 1 saturated carbocycles. The lowest BCUT2D eigenvalue weighted by molar-refractivity contribution is 0.122. The van der Waals surface area contributed by atoms with E-state index in [4.69, 9.17) is 17.3 Å². The third-order valence-electron chi connectivity index (χ3n) is 5.79. The average molecular weight is 447 g/mol. The maximum atomic E-state index is 14.9. The Kier molecular flexibility index (Phi) is 4.91. The number of hydrogen-bond donors (Lipinski definition) is 2. The number of aromatic nitrogens is 1. The maximum absolute atomic E-state index is 14.9. The van der Waals surface area contributed by atoms with E-state index in [9.17, 15) is 21.6 Å². The molecular weight excluding hydrogens is 429 g/mol. The summed E-state index contributed by atoms with van der Waals surface area (Å²) < 4.78 is 69.7. The Morgan fingerprint density at radius 3 is 2.62 bits per heavy atom. The molecule has 156 valence electrons. The number of halogens is 4. The SMILES string of the molecule is N[C@@H]1CC[C@@]12CCN(c1cc(F)c(S(=O)(=O)Nc3cccc(F)n3)c(F)c1Cl)C2. The monoisotopic (exact) mass is 446 g/mol. The van der Waals surface area contributed by atoms with Crippen LogP contribution in [0.5, 0.6) is 0 Å². The molecule has 2 aliphatic rings. The fourth-order valence-electron chi connectivity index (χ4n) is 4.02. The standard InChI is InChI=1S/C18H18ClF3N4O2S/c19-15-11(26-7-6-18(9-26)5-4-12(18)23)8-10(20)17(16(15)22)29(27,28)25-14-3-1-2-13(21)24-14/h1-3,8,12H,4-7,9,23H2,(H,24,25)/t12-,18+/m1/s1. The molecule has 2 aromatic rings. The van der Waals surface area contributed by atoms with Crippen LogP contribution >= 0.6 is 11.6 Å². The Bertz CT molecular complexity index is 1090. The van der Waals surface area contributed by atoms with Gasteiger partial charge in [0.25, 0.3) is 10.0 Å². The minimum Gasteiger partial charge on any atom is -0.370 e. The molecular formula is C18H18ClF3N4O2S. The predicted molar refractivity (Wildman–Crippen MR) is 103 cm³/mol. The van der Waals surface area contributed by atoms with Crippen molar-refractivity contribution in [2.45, 2.75) is 30.2 Å². The van der Waals surface area contributed by atoms with Crippen LogP contribution in [0.15, 0.2) is 29.2 Å². The first-order valence-corrected chi connectivity index (χ1v) is 10.8. The quantitative estimate of drug-likeness (QED) is 0.556. The van der Waals surface area contributed by atoms with Crippen molar-refractivity contribution in [3.8, 4) is 0 Å². The summed E-state index contributed by atoms with van der Waals surface area (Å²) in [5.41, 5.74) is 6.09. The van der Waals surface area contributed by atoms with Crippen LogP contribution < -0.4 is 15.4 Å². The van der Waals surface area contributed by atoms with E-state index in [1.54, 1.807) is 4.90 Å². The third kappa shape index (κ3) is 3.43. The Morgan fingerprint density at radius 1 is 1.28 bits per heavy atom. The van der Waals surface area contributed by atoms with Crippen molar-refractivity contribution < 1.29 is 21.6 Å². The zero-order chi connectivity index (χ0) is 21.0. The highest BCUT2D eigenvalue weighted by Crippen LogP contribution is 2.49. The van der Waals surface area contributed by atoms with Gasteiger partial charge in [0.2, 0.25) is 5.95 Å². The molecule has 1 aromatic carbocycles. The zero-order valence-electron chi connectivity index (χ0n) is 15.1. The van der Waals surface area contributed by atoms with Gasteiger partial charge in [0.1, 0.15) is 16.7 Å². The van der Waals surface area contributed by atoms with Gasteiger partial charge in [-0.3, -0.25) is 4.72 Å². The smallest absolute Gasteiger partial charge is 0.268 e. The molecule has 2 heterocycles. The van der Waals surface area contributed by atoms with Gasteiger partial charge in [-0.05, 0) is 31.4 Å². The molecule has 1 spiro atoms. The van der Waals surface area contributed by atoms with Crippen molar-refractivity contribution in [3.63, 3.8) is 0 Å². The Balaban J connectivity index is 1.67. The largest absolute Gasteiger partial charge is 0.370 e. The Hall–Kier alpha value is -2.04. The molecule has 3 N–H and O–H groups in total. The van der Waals surface area contributed by atoms with Gasteiger partial charge < -0.3 is 10.6 Å². The van der Waals surface area contributed by atoms with Crippen molar-refractivity contribution in [1.29, 1.82) is 0 Å². The molecule has 6 nitrogen and oxygen atoms in total. The first-order chi connectivity index (χ1) is 13.6. The Labute approximate surface area is 170 Å². The summed E-state index contributed by atoms with van der Waals surface area (Å²) in [6, 6.07) is 4.29. The van der Waals surface area contributed by atoms with Gasteiger partial charge in [0, 0.05) is 30.6 Å². The number of sulfonamides is 1. The van der Waals surface area contributed by atoms with E-state index in [1.165, 1.54) is 6.07 Å². The molecule has 1 aromatic heterocycles. The molecule has 2 fully saturated rings. The lowest BCUT2D eigenvalue weighted by atomic mass is 9.64. The summed E-state index contributed by atoms with van der Waals surface area (Å²) in [4.78, 5) is 3.81. The lowest BCUT2D eigenvalue weighted by Crippen LogP contribution is -2.52. The minimum atomic E-state index is -4.73. The fourth-order valence-corrected chi connectivity index (χ4v) is 5.49. The second-order valence-corrected chi connectivity index (χ2v) is 9.46. The van der Waals surface area contributed by atoms with E-state index in [2.05, 4.69) is 4.98 Å². The lowest BCUT2D eigenvalue weighted by Gasteiger charge is -2.45. The maximum Gasteiger partial charge on any atom is 0.268 e. The van der Waals surface area contributed by atoms with E-state index in [0.29, 0.717) is 13.1 Å². The van der Waals surface area contributed by atoms with Crippen LogP contribution in [0.3, 0.4) is 0 Å². The summed E-state index contributed by atoms with van der Waals surface area (Å²) in [6.07, 6.45) is 2.62. The highest BCUT2D eigenvalue weighted by molar-refractivity contribution is 7.92. The number of nitrogens with one attached hydrogen (secondary N) is 1. The first-order valence-electron chi connectivity index (χ1n) is 8.96. The number of nitrogens with zero attached hydrogens (tertiary/aromatic N) is 2. The number of benzene rings is 1. The summed E-state index contributed by atoms with van der Waals surface area (Å²) in [5.74, 6) is -4.07. The molecule has 0 radical (unpaired) electrons. The van der Waals surface area contributed by atoms with Crippen LogP contribution in [0, 0.1) is 23.0 Å². The first kappa shape index (κ1) is 20.2. The van der Waals surface area contributed by atoms with Crippen LogP contribution in [-0.2, 0) is 10.0 Å². The number of pyridine rings is 1. The molecule has 1 aliphatic heterocycles. The second-order valence-electron chi connectivity index (χ2n) is 7.46. The highest BCUT2D eigenvalue weighted by Gasteiger charge is 2.49. The molecule has 0 bridgehead atoms.